The molecule has 4 heteroatoms. The van der Waals surface area contributed by atoms with Crippen molar-refractivity contribution in [1.29, 1.82) is 0 Å². The van der Waals surface area contributed by atoms with Gasteiger partial charge in [-0.15, -0.1) is 0 Å². The third-order valence-corrected chi connectivity index (χ3v) is 3.54. The van der Waals surface area contributed by atoms with Gasteiger partial charge in [-0.05, 0) is 31.2 Å². The van der Waals surface area contributed by atoms with Crippen LogP contribution in [0.4, 0.5) is 5.69 Å². The van der Waals surface area contributed by atoms with E-state index in [-0.39, 0.29) is 0 Å². The molecule has 1 saturated carbocycles. The third kappa shape index (κ3) is 1.37. The standard InChI is InChI=1S/C12H16N4/c1-8-11(13)12-14-6-10(7-16(12)15-8)9-4-2-3-5-9/h6-7,9H,2-5,13H2,1H3. The normalized spacial score (nSPS) is 17.3. The first-order chi connectivity index (χ1) is 7.75. The smallest absolute Gasteiger partial charge is 0.178 e. The number of fused-ring (bicyclic) bond motifs is 1. The van der Waals surface area contributed by atoms with Crippen molar-refractivity contribution in [2.75, 3.05) is 5.73 Å². The van der Waals surface area contributed by atoms with Crippen molar-refractivity contribution in [2.45, 2.75) is 38.5 Å². The summed E-state index contributed by atoms with van der Waals surface area (Å²) in [7, 11) is 0. The van der Waals surface area contributed by atoms with E-state index >= 15 is 0 Å². The Morgan fingerprint density at radius 2 is 2.12 bits per heavy atom. The molecule has 0 unspecified atom stereocenters. The Morgan fingerprint density at radius 3 is 2.88 bits per heavy atom. The van der Waals surface area contributed by atoms with Crippen molar-refractivity contribution in [3.8, 4) is 0 Å². The molecule has 0 spiro atoms. The molecule has 2 heterocycles. The number of aromatic nitrogens is 3. The lowest BCUT2D eigenvalue weighted by atomic mass is 10.0. The first-order valence-electron chi connectivity index (χ1n) is 5.86. The Hall–Kier alpha value is -1.58. The van der Waals surface area contributed by atoms with Gasteiger partial charge in [0, 0.05) is 12.4 Å². The minimum Gasteiger partial charge on any atom is -0.394 e. The van der Waals surface area contributed by atoms with Crippen LogP contribution in [0.1, 0.15) is 42.9 Å². The van der Waals surface area contributed by atoms with Crippen LogP contribution in [0, 0.1) is 6.92 Å². The van der Waals surface area contributed by atoms with Gasteiger partial charge in [0.25, 0.3) is 0 Å². The number of hydrogen-bond acceptors (Lipinski definition) is 3. The van der Waals surface area contributed by atoms with E-state index in [9.17, 15) is 0 Å². The molecule has 1 aliphatic rings. The van der Waals surface area contributed by atoms with Gasteiger partial charge in [-0.25, -0.2) is 9.50 Å². The second-order valence-electron chi connectivity index (χ2n) is 4.64. The van der Waals surface area contributed by atoms with Gasteiger partial charge < -0.3 is 5.73 Å². The van der Waals surface area contributed by atoms with Crippen LogP contribution in [0.5, 0.6) is 0 Å². The molecule has 0 bridgehead atoms. The van der Waals surface area contributed by atoms with E-state index in [2.05, 4.69) is 16.3 Å². The maximum Gasteiger partial charge on any atom is 0.178 e. The van der Waals surface area contributed by atoms with Gasteiger partial charge >= 0.3 is 0 Å². The Labute approximate surface area is 94.5 Å². The van der Waals surface area contributed by atoms with E-state index in [0.29, 0.717) is 11.6 Å². The third-order valence-electron chi connectivity index (χ3n) is 3.54. The fraction of sp³-hybridized carbons (Fsp3) is 0.500. The molecule has 16 heavy (non-hydrogen) atoms. The van der Waals surface area contributed by atoms with Crippen LogP contribution in [-0.2, 0) is 0 Å². The lowest BCUT2D eigenvalue weighted by molar-refractivity contribution is 0.707. The molecular formula is C12H16N4. The molecule has 0 amide bonds. The van der Waals surface area contributed by atoms with Crippen molar-refractivity contribution in [2.24, 2.45) is 0 Å². The predicted octanol–water partition coefficient (Wildman–Crippen LogP) is 2.28. The lowest BCUT2D eigenvalue weighted by Gasteiger charge is -2.08. The van der Waals surface area contributed by atoms with Gasteiger partial charge in [0.1, 0.15) is 5.69 Å². The maximum absolute atomic E-state index is 5.90. The van der Waals surface area contributed by atoms with Crippen LogP contribution < -0.4 is 5.73 Å². The number of nitrogens with zero attached hydrogens (tertiary/aromatic N) is 3. The molecule has 0 saturated heterocycles. The second-order valence-corrected chi connectivity index (χ2v) is 4.64. The Kier molecular flexibility index (Phi) is 2.09. The number of nitrogen functional groups attached to an aromatic ring is 1. The molecule has 1 aliphatic carbocycles. The topological polar surface area (TPSA) is 56.2 Å². The maximum atomic E-state index is 5.90. The van der Waals surface area contributed by atoms with E-state index in [4.69, 9.17) is 5.73 Å². The molecule has 2 N–H and O–H groups in total. The van der Waals surface area contributed by atoms with E-state index in [1.54, 1.807) is 0 Å². The van der Waals surface area contributed by atoms with Crippen molar-refractivity contribution in [3.63, 3.8) is 0 Å². The summed E-state index contributed by atoms with van der Waals surface area (Å²) < 4.78 is 1.82. The minimum atomic E-state index is 0.669. The Morgan fingerprint density at radius 1 is 1.38 bits per heavy atom. The fourth-order valence-electron chi connectivity index (χ4n) is 2.55. The summed E-state index contributed by atoms with van der Waals surface area (Å²) in [6, 6.07) is 0. The van der Waals surface area contributed by atoms with Gasteiger partial charge in [0.15, 0.2) is 5.65 Å². The zero-order chi connectivity index (χ0) is 11.1. The van der Waals surface area contributed by atoms with Gasteiger partial charge in [-0.2, -0.15) is 5.10 Å². The van der Waals surface area contributed by atoms with Crippen LogP contribution in [-0.4, -0.2) is 14.6 Å². The highest BCUT2D eigenvalue weighted by atomic mass is 15.3. The number of rotatable bonds is 1. The summed E-state index contributed by atoms with van der Waals surface area (Å²) in [6.07, 6.45) is 9.28. The van der Waals surface area contributed by atoms with Gasteiger partial charge in [-0.3, -0.25) is 0 Å². The fourth-order valence-corrected chi connectivity index (χ4v) is 2.55. The Bertz CT molecular complexity index is 523. The molecule has 4 nitrogen and oxygen atoms in total. The van der Waals surface area contributed by atoms with E-state index < -0.39 is 0 Å². The zero-order valence-electron chi connectivity index (χ0n) is 9.48. The summed E-state index contributed by atoms with van der Waals surface area (Å²) in [5.74, 6) is 0.669. The lowest BCUT2D eigenvalue weighted by Crippen LogP contribution is -1.99. The van der Waals surface area contributed by atoms with Crippen LogP contribution in [0.3, 0.4) is 0 Å². The molecule has 0 aliphatic heterocycles. The highest BCUT2D eigenvalue weighted by molar-refractivity contribution is 5.66. The Balaban J connectivity index is 2.08. The van der Waals surface area contributed by atoms with Crippen LogP contribution in [0.15, 0.2) is 12.4 Å². The summed E-state index contributed by atoms with van der Waals surface area (Å²) in [6.45, 7) is 1.92. The number of nitrogens with two attached hydrogens (primary N) is 1. The van der Waals surface area contributed by atoms with Crippen molar-refractivity contribution in [3.05, 3.63) is 23.7 Å². The van der Waals surface area contributed by atoms with Gasteiger partial charge in [0.05, 0.1) is 5.69 Å². The molecule has 1 fully saturated rings. The van der Waals surface area contributed by atoms with Crippen LogP contribution in [0.25, 0.3) is 5.65 Å². The highest BCUT2D eigenvalue weighted by Gasteiger charge is 2.18. The number of anilines is 1. The first-order valence-corrected chi connectivity index (χ1v) is 5.86. The SMILES string of the molecule is Cc1nn2cc(C3CCCC3)cnc2c1N. The highest BCUT2D eigenvalue weighted by Crippen LogP contribution is 2.33. The molecule has 84 valence electrons. The summed E-state index contributed by atoms with van der Waals surface area (Å²) in [4.78, 5) is 4.42. The summed E-state index contributed by atoms with van der Waals surface area (Å²) in [5.41, 5.74) is 9.52. The minimum absolute atomic E-state index is 0.669. The quantitative estimate of drug-likeness (QED) is 0.795. The molecule has 3 rings (SSSR count). The van der Waals surface area contributed by atoms with Gasteiger partial charge in [-0.1, -0.05) is 12.8 Å². The summed E-state index contributed by atoms with van der Waals surface area (Å²) >= 11 is 0. The molecule has 0 aromatic carbocycles. The van der Waals surface area contributed by atoms with Crippen LogP contribution >= 0.6 is 0 Å². The summed E-state index contributed by atoms with van der Waals surface area (Å²) in [5, 5.41) is 4.37. The van der Waals surface area contributed by atoms with Crippen LogP contribution in [0.2, 0.25) is 0 Å². The van der Waals surface area contributed by atoms with Gasteiger partial charge in [0.2, 0.25) is 0 Å². The molecule has 2 aromatic rings. The predicted molar refractivity (Wildman–Crippen MR) is 63.3 cm³/mol. The molecular weight excluding hydrogens is 200 g/mol. The van der Waals surface area contributed by atoms with Crippen molar-refractivity contribution in [1.82, 2.24) is 14.6 Å². The van der Waals surface area contributed by atoms with E-state index in [1.165, 1.54) is 31.2 Å². The van der Waals surface area contributed by atoms with E-state index in [1.807, 2.05) is 17.6 Å². The number of hydrogen-bond donors (Lipinski definition) is 1. The second kappa shape index (κ2) is 3.47. The monoisotopic (exact) mass is 216 g/mol. The molecule has 0 atom stereocenters. The van der Waals surface area contributed by atoms with Crippen molar-refractivity contribution >= 4 is 11.3 Å². The van der Waals surface area contributed by atoms with E-state index in [0.717, 1.165) is 11.3 Å². The largest absolute Gasteiger partial charge is 0.394 e. The number of aryl methyl sites for hydroxylation is 1. The molecule has 0 radical (unpaired) electrons. The first kappa shape index (κ1) is 9.63. The van der Waals surface area contributed by atoms with Crippen molar-refractivity contribution < 1.29 is 0 Å². The average Bonchev–Trinajstić information content (AvgIpc) is 2.88. The molecule has 2 aromatic heterocycles. The zero-order valence-corrected chi connectivity index (χ0v) is 9.48. The average molecular weight is 216 g/mol.